The molecule has 0 aromatic rings. The maximum Gasteiger partial charge on any atom is 0.332 e. The Morgan fingerprint density at radius 2 is 1.60 bits per heavy atom. The van der Waals surface area contributed by atoms with Crippen LogP contribution in [0.3, 0.4) is 0 Å². The van der Waals surface area contributed by atoms with Crippen LogP contribution in [0.1, 0.15) is 6.92 Å². The van der Waals surface area contributed by atoms with Gasteiger partial charge in [-0.1, -0.05) is 0 Å². The molecular weight excluding hydrogens is 163 g/mol. The van der Waals surface area contributed by atoms with Crippen LogP contribution in [0.5, 0.6) is 0 Å². The summed E-state index contributed by atoms with van der Waals surface area (Å²) in [5.74, 6) is -1.19. The standard InChI is InChI=1S/C3H6O3.H3O3P/c1-2(4)3(5)6;1-4(2)3/h2,4H,1H3,(H,5,6);4H,(H2,1,2,3). The average Bonchev–Trinajstić information content (AvgIpc) is 1.63. The van der Waals surface area contributed by atoms with Crippen LogP contribution in [0, 0.1) is 0 Å². The number of carbonyl (C=O) groups is 1. The monoisotopic (exact) mass is 172 g/mol. The largest absolute Gasteiger partial charge is 0.479 e. The van der Waals surface area contributed by atoms with Crippen molar-refractivity contribution in [1.29, 1.82) is 0 Å². The zero-order valence-electron chi connectivity index (χ0n) is 5.18. The summed E-state index contributed by atoms with van der Waals surface area (Å²) in [7, 11) is -3.13. The van der Waals surface area contributed by atoms with Gasteiger partial charge in [0.15, 0.2) is 0 Å². The van der Waals surface area contributed by atoms with E-state index in [-0.39, 0.29) is 0 Å². The molecule has 0 aromatic carbocycles. The molecule has 0 bridgehead atoms. The highest BCUT2D eigenvalue weighted by molar-refractivity contribution is 7.30. The molecule has 0 aliphatic heterocycles. The molecule has 7 heteroatoms. The van der Waals surface area contributed by atoms with Gasteiger partial charge in [-0.15, -0.1) is 0 Å². The van der Waals surface area contributed by atoms with E-state index in [1.54, 1.807) is 0 Å². The molecule has 0 rings (SSSR count). The zero-order valence-corrected chi connectivity index (χ0v) is 6.18. The number of carboxylic acid groups (broad SMARTS) is 1. The van der Waals surface area contributed by atoms with Crippen LogP contribution in [0.25, 0.3) is 0 Å². The van der Waals surface area contributed by atoms with Crippen LogP contribution in [0.15, 0.2) is 0 Å². The first-order valence-electron chi connectivity index (χ1n) is 2.20. The number of aliphatic carboxylic acids is 1. The average molecular weight is 172 g/mol. The lowest BCUT2D eigenvalue weighted by Gasteiger charge is -1.89. The Labute approximate surface area is 57.7 Å². The maximum absolute atomic E-state index is 9.45. The highest BCUT2D eigenvalue weighted by atomic mass is 31.1. The number of carboxylic acids is 1. The summed E-state index contributed by atoms with van der Waals surface area (Å²) in [4.78, 5) is 23.8. The van der Waals surface area contributed by atoms with Crippen molar-refractivity contribution in [1.82, 2.24) is 0 Å². The van der Waals surface area contributed by atoms with Crippen LogP contribution < -0.4 is 0 Å². The van der Waals surface area contributed by atoms with Gasteiger partial charge < -0.3 is 20.0 Å². The minimum absolute atomic E-state index is 1.19. The zero-order chi connectivity index (χ0) is 8.73. The summed E-state index contributed by atoms with van der Waals surface area (Å²) in [6, 6.07) is 0. The van der Waals surface area contributed by atoms with Crippen molar-refractivity contribution in [2.24, 2.45) is 0 Å². The number of aliphatic hydroxyl groups is 1. The lowest BCUT2D eigenvalue weighted by molar-refractivity contribution is -0.145. The molecule has 62 valence electrons. The fourth-order valence-corrected chi connectivity index (χ4v) is 0. The molecule has 0 aliphatic carbocycles. The Kier molecular flexibility index (Phi) is 8.22. The molecule has 6 nitrogen and oxygen atoms in total. The minimum Gasteiger partial charge on any atom is -0.479 e. The highest BCUT2D eigenvalue weighted by Crippen LogP contribution is 1.98. The van der Waals surface area contributed by atoms with Gasteiger partial charge in [-0.2, -0.15) is 0 Å². The summed E-state index contributed by atoms with van der Waals surface area (Å²) in [6.45, 7) is 1.20. The Morgan fingerprint density at radius 1 is 1.50 bits per heavy atom. The molecule has 1 atom stereocenters. The van der Waals surface area contributed by atoms with E-state index in [0.29, 0.717) is 0 Å². The van der Waals surface area contributed by atoms with Gasteiger partial charge in [-0.3, -0.25) is 4.57 Å². The molecule has 0 amide bonds. The third kappa shape index (κ3) is 25.6. The molecule has 0 aromatic heterocycles. The quantitative estimate of drug-likeness (QED) is 0.370. The van der Waals surface area contributed by atoms with E-state index in [1.165, 1.54) is 6.92 Å². The second-order valence-corrected chi connectivity index (χ2v) is 1.86. The van der Waals surface area contributed by atoms with E-state index < -0.39 is 20.3 Å². The summed E-state index contributed by atoms with van der Waals surface area (Å²) >= 11 is 0. The van der Waals surface area contributed by atoms with Crippen LogP contribution in [-0.2, 0) is 9.36 Å². The van der Waals surface area contributed by atoms with Gasteiger partial charge in [0, 0.05) is 0 Å². The molecule has 0 heterocycles. The van der Waals surface area contributed by atoms with E-state index in [0.717, 1.165) is 0 Å². The van der Waals surface area contributed by atoms with E-state index in [4.69, 9.17) is 24.6 Å². The first kappa shape index (κ1) is 12.3. The Bertz CT molecular complexity index is 116. The first-order valence-corrected chi connectivity index (χ1v) is 3.51. The topological polar surface area (TPSA) is 115 Å². The van der Waals surface area contributed by atoms with Gasteiger partial charge in [-0.25, -0.2) is 4.79 Å². The van der Waals surface area contributed by atoms with Gasteiger partial charge in [0.2, 0.25) is 0 Å². The molecule has 0 spiro atoms. The van der Waals surface area contributed by atoms with E-state index in [9.17, 15) is 4.79 Å². The highest BCUT2D eigenvalue weighted by Gasteiger charge is 2.01. The van der Waals surface area contributed by atoms with Crippen LogP contribution >= 0.6 is 8.25 Å². The van der Waals surface area contributed by atoms with Crippen molar-refractivity contribution in [3.63, 3.8) is 0 Å². The maximum atomic E-state index is 9.45. The van der Waals surface area contributed by atoms with E-state index in [1.807, 2.05) is 0 Å². The fraction of sp³-hybridized carbons (Fsp3) is 0.667. The first-order chi connectivity index (χ1) is 4.37. The molecule has 10 heavy (non-hydrogen) atoms. The summed E-state index contributed by atoms with van der Waals surface area (Å²) in [6.07, 6.45) is -1.23. The third-order valence-electron chi connectivity index (χ3n) is 0.357. The number of hydrogen-bond acceptors (Lipinski definition) is 3. The van der Waals surface area contributed by atoms with E-state index >= 15 is 0 Å². The van der Waals surface area contributed by atoms with Crippen LogP contribution in [0.2, 0.25) is 0 Å². The van der Waals surface area contributed by atoms with Crippen LogP contribution in [0.4, 0.5) is 0 Å². The predicted octanol–water partition coefficient (Wildman–Crippen LogP) is -1.19. The Morgan fingerprint density at radius 3 is 1.60 bits per heavy atom. The van der Waals surface area contributed by atoms with Crippen molar-refractivity contribution < 1.29 is 29.4 Å². The van der Waals surface area contributed by atoms with Crippen LogP contribution in [-0.4, -0.2) is 32.1 Å². The van der Waals surface area contributed by atoms with Crippen molar-refractivity contribution in [3.05, 3.63) is 0 Å². The van der Waals surface area contributed by atoms with Crippen molar-refractivity contribution in [3.8, 4) is 0 Å². The molecule has 1 unspecified atom stereocenters. The molecular formula is C3H9O6P. The number of rotatable bonds is 1. The Hall–Kier alpha value is -0.420. The summed E-state index contributed by atoms with van der Waals surface area (Å²) < 4.78 is 8.74. The molecule has 4 N–H and O–H groups in total. The fourth-order valence-electron chi connectivity index (χ4n) is 0. The van der Waals surface area contributed by atoms with Gasteiger partial charge >= 0.3 is 14.2 Å². The Balaban J connectivity index is 0. The summed E-state index contributed by atoms with van der Waals surface area (Å²) in [5, 5.41) is 15.8. The van der Waals surface area contributed by atoms with Crippen molar-refractivity contribution in [2.45, 2.75) is 13.0 Å². The van der Waals surface area contributed by atoms with Gasteiger partial charge in [0.25, 0.3) is 0 Å². The van der Waals surface area contributed by atoms with Crippen molar-refractivity contribution in [2.75, 3.05) is 0 Å². The predicted molar refractivity (Wildman–Crippen MR) is 32.8 cm³/mol. The van der Waals surface area contributed by atoms with Gasteiger partial charge in [0.05, 0.1) is 0 Å². The van der Waals surface area contributed by atoms with Gasteiger partial charge in [0.1, 0.15) is 6.10 Å². The van der Waals surface area contributed by atoms with E-state index in [2.05, 4.69) is 0 Å². The smallest absolute Gasteiger partial charge is 0.332 e. The second kappa shape index (κ2) is 6.70. The molecule has 0 saturated heterocycles. The van der Waals surface area contributed by atoms with Gasteiger partial charge in [-0.05, 0) is 6.92 Å². The third-order valence-corrected chi connectivity index (χ3v) is 0.357. The lowest BCUT2D eigenvalue weighted by atomic mass is 10.4. The molecule has 0 fully saturated rings. The minimum atomic E-state index is -3.13. The normalized spacial score (nSPS) is 11.7. The SMILES string of the molecule is CC(O)C(=O)O.O=[PH](O)O. The summed E-state index contributed by atoms with van der Waals surface area (Å²) in [5.41, 5.74) is 0. The lowest BCUT2D eigenvalue weighted by Crippen LogP contribution is -2.13. The number of aliphatic hydroxyl groups excluding tert-OH is 1. The molecule has 0 aliphatic rings. The molecule has 0 saturated carbocycles. The van der Waals surface area contributed by atoms with Crippen molar-refractivity contribution >= 4 is 14.2 Å². The second-order valence-electron chi connectivity index (χ2n) is 1.30. The number of hydrogen-bond donors (Lipinski definition) is 4. The molecule has 0 radical (unpaired) electrons.